The molecular formula is C12H17NO5. The molecule has 0 radical (unpaired) electrons. The Morgan fingerprint density at radius 1 is 1.28 bits per heavy atom. The molecule has 100 valence electrons. The number of ether oxygens (including phenoxy) is 2. The van der Waals surface area contributed by atoms with E-state index >= 15 is 0 Å². The summed E-state index contributed by atoms with van der Waals surface area (Å²) in [6.07, 6.45) is 2.20. The molecule has 1 unspecified atom stereocenters. The van der Waals surface area contributed by atoms with Gasteiger partial charge in [0.2, 0.25) is 5.91 Å². The molecule has 1 N–H and O–H groups in total. The second kappa shape index (κ2) is 5.66. The zero-order chi connectivity index (χ0) is 13.8. The summed E-state index contributed by atoms with van der Waals surface area (Å²) >= 11 is 0. The second-order valence-electron chi connectivity index (χ2n) is 4.37. The summed E-state index contributed by atoms with van der Waals surface area (Å²) in [7, 11) is 2.59. The van der Waals surface area contributed by atoms with Gasteiger partial charge in [0.25, 0.3) is 0 Å². The lowest BCUT2D eigenvalue weighted by atomic mass is 9.86. The van der Waals surface area contributed by atoms with Crippen molar-refractivity contribution in [3.63, 3.8) is 0 Å². The van der Waals surface area contributed by atoms with E-state index in [1.165, 1.54) is 14.2 Å². The van der Waals surface area contributed by atoms with Crippen molar-refractivity contribution in [3.8, 4) is 0 Å². The molecule has 0 fully saturated rings. The van der Waals surface area contributed by atoms with Gasteiger partial charge in [0.15, 0.2) is 0 Å². The van der Waals surface area contributed by atoms with Crippen LogP contribution >= 0.6 is 0 Å². The van der Waals surface area contributed by atoms with Crippen LogP contribution in [0, 0.1) is 5.41 Å². The first kappa shape index (κ1) is 14.2. The summed E-state index contributed by atoms with van der Waals surface area (Å²) < 4.78 is 9.06. The quantitative estimate of drug-likeness (QED) is 0.724. The van der Waals surface area contributed by atoms with Crippen LogP contribution in [-0.4, -0.2) is 32.1 Å². The van der Waals surface area contributed by atoms with Crippen LogP contribution in [0.4, 0.5) is 0 Å². The van der Waals surface area contributed by atoms with E-state index < -0.39 is 11.4 Å². The Hall–Kier alpha value is -1.85. The van der Waals surface area contributed by atoms with Gasteiger partial charge in [-0.25, -0.2) is 0 Å². The normalized spacial score (nSPS) is 22.2. The number of amides is 1. The van der Waals surface area contributed by atoms with Crippen molar-refractivity contribution in [1.82, 2.24) is 5.32 Å². The molecule has 1 amide bonds. The second-order valence-corrected chi connectivity index (χ2v) is 4.37. The smallest absolute Gasteiger partial charge is 0.311 e. The van der Waals surface area contributed by atoms with Gasteiger partial charge in [-0.1, -0.05) is 0 Å². The molecule has 0 spiro atoms. The SMILES string of the molecule is COC(=O)CCC1(C)C=C(CC(=O)OC)NC1=O. The van der Waals surface area contributed by atoms with Crippen molar-refractivity contribution in [2.24, 2.45) is 5.41 Å². The molecule has 1 aliphatic heterocycles. The molecule has 1 atom stereocenters. The van der Waals surface area contributed by atoms with Gasteiger partial charge in [0, 0.05) is 12.1 Å². The van der Waals surface area contributed by atoms with E-state index in [0.29, 0.717) is 12.1 Å². The molecule has 0 aliphatic carbocycles. The summed E-state index contributed by atoms with van der Waals surface area (Å²) in [5, 5.41) is 2.62. The highest BCUT2D eigenvalue weighted by Crippen LogP contribution is 2.32. The maximum Gasteiger partial charge on any atom is 0.311 e. The third-order valence-corrected chi connectivity index (χ3v) is 2.92. The third-order valence-electron chi connectivity index (χ3n) is 2.92. The minimum atomic E-state index is -0.780. The first-order valence-corrected chi connectivity index (χ1v) is 5.58. The molecule has 18 heavy (non-hydrogen) atoms. The van der Waals surface area contributed by atoms with Crippen LogP contribution in [0.15, 0.2) is 11.8 Å². The van der Waals surface area contributed by atoms with Gasteiger partial charge in [0.05, 0.1) is 26.1 Å². The number of esters is 2. The summed E-state index contributed by atoms with van der Waals surface area (Å²) in [5.41, 5.74) is -0.267. The Balaban J connectivity index is 2.66. The molecule has 0 saturated carbocycles. The number of methoxy groups -OCH3 is 2. The Kier molecular flexibility index (Phi) is 4.47. The molecule has 0 aromatic rings. The molecule has 1 rings (SSSR count). The molecule has 1 heterocycles. The average molecular weight is 255 g/mol. The van der Waals surface area contributed by atoms with Gasteiger partial charge in [-0.05, 0) is 19.4 Å². The van der Waals surface area contributed by atoms with Crippen LogP contribution in [0.2, 0.25) is 0 Å². The van der Waals surface area contributed by atoms with Crippen molar-refractivity contribution in [2.45, 2.75) is 26.2 Å². The lowest BCUT2D eigenvalue weighted by Crippen LogP contribution is -2.30. The molecular weight excluding hydrogens is 238 g/mol. The molecule has 6 heteroatoms. The van der Waals surface area contributed by atoms with Crippen LogP contribution in [0.1, 0.15) is 26.2 Å². The van der Waals surface area contributed by atoms with E-state index in [-0.39, 0.29) is 24.7 Å². The van der Waals surface area contributed by atoms with E-state index in [1.807, 2.05) is 0 Å². The number of nitrogens with one attached hydrogen (secondary N) is 1. The molecule has 6 nitrogen and oxygen atoms in total. The summed E-state index contributed by atoms with van der Waals surface area (Å²) in [6.45, 7) is 1.72. The molecule has 1 aliphatic rings. The van der Waals surface area contributed by atoms with Crippen LogP contribution < -0.4 is 5.32 Å². The van der Waals surface area contributed by atoms with Gasteiger partial charge < -0.3 is 14.8 Å². The van der Waals surface area contributed by atoms with Gasteiger partial charge in [0.1, 0.15) is 0 Å². The van der Waals surface area contributed by atoms with Crippen molar-refractivity contribution >= 4 is 17.8 Å². The molecule has 0 bridgehead atoms. The number of hydrogen-bond acceptors (Lipinski definition) is 5. The first-order chi connectivity index (χ1) is 8.41. The fraction of sp³-hybridized carbons (Fsp3) is 0.583. The lowest BCUT2D eigenvalue weighted by Gasteiger charge is -2.17. The summed E-state index contributed by atoms with van der Waals surface area (Å²) in [6, 6.07) is 0. The highest BCUT2D eigenvalue weighted by Gasteiger charge is 2.37. The van der Waals surface area contributed by atoms with Gasteiger partial charge in [-0.2, -0.15) is 0 Å². The number of carbonyl (C=O) groups is 3. The van der Waals surface area contributed by atoms with E-state index in [0.717, 1.165) is 0 Å². The predicted octanol–water partition coefficient (Wildman–Crippen LogP) is 0.523. The van der Waals surface area contributed by atoms with Crippen LogP contribution in [0.3, 0.4) is 0 Å². The van der Waals surface area contributed by atoms with Gasteiger partial charge >= 0.3 is 11.9 Å². The zero-order valence-corrected chi connectivity index (χ0v) is 10.7. The molecule has 0 aromatic carbocycles. The number of hydrogen-bond donors (Lipinski definition) is 1. The van der Waals surface area contributed by atoms with Gasteiger partial charge in [-0.15, -0.1) is 0 Å². The van der Waals surface area contributed by atoms with Crippen LogP contribution in [-0.2, 0) is 23.9 Å². The maximum absolute atomic E-state index is 11.8. The largest absolute Gasteiger partial charge is 0.469 e. The van der Waals surface area contributed by atoms with Crippen molar-refractivity contribution < 1.29 is 23.9 Å². The predicted molar refractivity (Wildman–Crippen MR) is 62.2 cm³/mol. The third kappa shape index (κ3) is 3.32. The molecule has 0 aromatic heterocycles. The zero-order valence-electron chi connectivity index (χ0n) is 10.7. The number of carbonyl (C=O) groups excluding carboxylic acids is 3. The molecule has 0 saturated heterocycles. The first-order valence-electron chi connectivity index (χ1n) is 5.58. The highest BCUT2D eigenvalue weighted by atomic mass is 16.5. The maximum atomic E-state index is 11.8. The van der Waals surface area contributed by atoms with Crippen molar-refractivity contribution in [3.05, 3.63) is 11.8 Å². The highest BCUT2D eigenvalue weighted by molar-refractivity contribution is 5.90. The van der Waals surface area contributed by atoms with E-state index in [1.54, 1.807) is 13.0 Å². The van der Waals surface area contributed by atoms with E-state index in [2.05, 4.69) is 14.8 Å². The van der Waals surface area contributed by atoms with Crippen molar-refractivity contribution in [1.29, 1.82) is 0 Å². The Morgan fingerprint density at radius 2 is 1.89 bits per heavy atom. The van der Waals surface area contributed by atoms with E-state index in [9.17, 15) is 14.4 Å². The Morgan fingerprint density at radius 3 is 2.44 bits per heavy atom. The fourth-order valence-electron chi connectivity index (χ4n) is 1.75. The topological polar surface area (TPSA) is 81.7 Å². The van der Waals surface area contributed by atoms with Gasteiger partial charge in [-0.3, -0.25) is 14.4 Å². The standard InChI is InChI=1S/C12H17NO5/c1-12(5-4-9(14)17-2)7-8(13-11(12)16)6-10(15)18-3/h7H,4-6H2,1-3H3,(H,13,16). The van der Waals surface area contributed by atoms with Crippen molar-refractivity contribution in [2.75, 3.05) is 14.2 Å². The van der Waals surface area contributed by atoms with Crippen LogP contribution in [0.5, 0.6) is 0 Å². The van der Waals surface area contributed by atoms with Crippen LogP contribution in [0.25, 0.3) is 0 Å². The monoisotopic (exact) mass is 255 g/mol. The van der Waals surface area contributed by atoms with E-state index in [4.69, 9.17) is 0 Å². The Labute approximate surface area is 105 Å². The minimum Gasteiger partial charge on any atom is -0.469 e. The fourth-order valence-corrected chi connectivity index (χ4v) is 1.75. The minimum absolute atomic E-state index is 0.0239. The Bertz CT molecular complexity index is 401. The lowest BCUT2D eigenvalue weighted by molar-refractivity contribution is -0.141. The summed E-state index contributed by atoms with van der Waals surface area (Å²) in [4.78, 5) is 34.0. The number of rotatable bonds is 5. The average Bonchev–Trinajstić information content (AvgIpc) is 2.62. The summed E-state index contributed by atoms with van der Waals surface area (Å²) in [5.74, 6) is -0.997.